The van der Waals surface area contributed by atoms with Crippen LogP contribution >= 0.6 is 11.3 Å². The molecule has 26 heavy (non-hydrogen) atoms. The molecule has 0 aliphatic heterocycles. The number of nitrogens with zero attached hydrogens (tertiary/aromatic N) is 2. The fraction of sp³-hybridized carbons (Fsp3) is 0.143. The minimum atomic E-state index is -0.229. The summed E-state index contributed by atoms with van der Waals surface area (Å²) >= 11 is 1.62. The van der Waals surface area contributed by atoms with Crippen molar-refractivity contribution in [2.24, 2.45) is 0 Å². The Kier molecular flexibility index (Phi) is 4.39. The van der Waals surface area contributed by atoms with E-state index >= 15 is 0 Å². The molecule has 4 aromatic rings. The number of thiophene rings is 1. The molecule has 0 unspecified atom stereocenters. The van der Waals surface area contributed by atoms with Crippen molar-refractivity contribution in [1.29, 1.82) is 0 Å². The number of anilines is 1. The molecule has 2 aromatic carbocycles. The van der Waals surface area contributed by atoms with E-state index in [1.54, 1.807) is 29.8 Å². The first-order valence-electron chi connectivity index (χ1n) is 8.40. The first-order valence-corrected chi connectivity index (χ1v) is 9.28. The van der Waals surface area contributed by atoms with E-state index in [4.69, 9.17) is 0 Å². The third-order valence-corrected chi connectivity index (χ3v) is 5.30. The second-order valence-corrected chi connectivity index (χ2v) is 7.21. The summed E-state index contributed by atoms with van der Waals surface area (Å²) in [6, 6.07) is 13.0. The smallest absolute Gasteiger partial charge is 0.139 e. The molecule has 0 radical (unpaired) electrons. The summed E-state index contributed by atoms with van der Waals surface area (Å²) in [7, 11) is 0. The lowest BCUT2D eigenvalue weighted by Gasteiger charge is -2.10. The molecule has 0 atom stereocenters. The third-order valence-electron chi connectivity index (χ3n) is 4.42. The summed E-state index contributed by atoms with van der Waals surface area (Å²) in [5.41, 5.74) is 5.82. The van der Waals surface area contributed by atoms with E-state index in [-0.39, 0.29) is 5.82 Å². The molecule has 2 aromatic heterocycles. The van der Waals surface area contributed by atoms with Crippen molar-refractivity contribution in [3.63, 3.8) is 0 Å². The summed E-state index contributed by atoms with van der Waals surface area (Å²) < 4.78 is 13.1. The maximum Gasteiger partial charge on any atom is 0.139 e. The monoisotopic (exact) mass is 363 g/mol. The summed E-state index contributed by atoms with van der Waals surface area (Å²) in [4.78, 5) is 9.83. The molecule has 0 saturated carbocycles. The van der Waals surface area contributed by atoms with E-state index < -0.39 is 0 Å². The highest BCUT2D eigenvalue weighted by Gasteiger charge is 2.14. The minimum absolute atomic E-state index is 0.229. The van der Waals surface area contributed by atoms with Gasteiger partial charge in [-0.2, -0.15) is 0 Å². The van der Waals surface area contributed by atoms with Gasteiger partial charge in [0.25, 0.3) is 0 Å². The number of rotatable bonds is 4. The normalized spacial score (nSPS) is 11.0. The lowest BCUT2D eigenvalue weighted by Crippen LogP contribution is -2.02. The second-order valence-electron chi connectivity index (χ2n) is 6.35. The fourth-order valence-electron chi connectivity index (χ4n) is 3.11. The summed E-state index contributed by atoms with van der Waals surface area (Å²) in [5.74, 6) is 0.573. The second kappa shape index (κ2) is 6.84. The molecule has 4 rings (SSSR count). The molecule has 0 amide bonds. The number of fused-ring (bicyclic) bond motifs is 1. The molecule has 0 fully saturated rings. The lowest BCUT2D eigenvalue weighted by molar-refractivity contribution is 0.627. The van der Waals surface area contributed by atoms with Crippen LogP contribution in [0.4, 0.5) is 10.2 Å². The van der Waals surface area contributed by atoms with Crippen LogP contribution in [0.3, 0.4) is 0 Å². The molecule has 0 spiro atoms. The van der Waals surface area contributed by atoms with Crippen molar-refractivity contribution in [2.75, 3.05) is 5.32 Å². The SMILES string of the molecule is Cc1ccc(-c2csc3ncnc(NCc4ccc(F)cc4)c23)c(C)c1. The van der Waals surface area contributed by atoms with Crippen LogP contribution in [0.2, 0.25) is 0 Å². The predicted octanol–water partition coefficient (Wildman–Crippen LogP) is 5.73. The van der Waals surface area contributed by atoms with E-state index in [9.17, 15) is 4.39 Å². The molecule has 0 aliphatic rings. The molecular formula is C21H18FN3S. The zero-order chi connectivity index (χ0) is 18.1. The largest absolute Gasteiger partial charge is 0.365 e. The van der Waals surface area contributed by atoms with Gasteiger partial charge in [0.15, 0.2) is 0 Å². The Morgan fingerprint density at radius 3 is 2.58 bits per heavy atom. The Bertz CT molecular complexity index is 1070. The summed E-state index contributed by atoms with van der Waals surface area (Å²) in [5, 5.41) is 6.56. The molecule has 1 N–H and O–H groups in total. The quantitative estimate of drug-likeness (QED) is 0.503. The third kappa shape index (κ3) is 3.18. The highest BCUT2D eigenvalue weighted by atomic mass is 32.1. The van der Waals surface area contributed by atoms with Gasteiger partial charge in [-0.15, -0.1) is 11.3 Å². The van der Waals surface area contributed by atoms with Gasteiger partial charge in [0.2, 0.25) is 0 Å². The molecule has 5 heteroatoms. The first-order chi connectivity index (χ1) is 12.6. The number of benzene rings is 2. The Labute approximate surface area is 155 Å². The van der Waals surface area contributed by atoms with Crippen LogP contribution in [0.5, 0.6) is 0 Å². The molecule has 0 bridgehead atoms. The Balaban J connectivity index is 1.73. The summed E-state index contributed by atoms with van der Waals surface area (Å²) in [6.45, 7) is 4.80. The van der Waals surface area contributed by atoms with Crippen molar-refractivity contribution < 1.29 is 4.39 Å². The van der Waals surface area contributed by atoms with Crippen LogP contribution in [-0.2, 0) is 6.54 Å². The Morgan fingerprint density at radius 1 is 1.00 bits per heavy atom. The number of hydrogen-bond donors (Lipinski definition) is 1. The molecule has 2 heterocycles. The lowest BCUT2D eigenvalue weighted by atomic mass is 9.99. The standard InChI is InChI=1S/C21H18FN3S/c1-13-3-8-17(14(2)9-13)18-11-26-21-19(18)20(24-12-25-21)23-10-15-4-6-16(22)7-5-15/h3-9,11-12H,10H2,1-2H3,(H,23,24,25). The van der Waals surface area contributed by atoms with Crippen molar-refractivity contribution >= 4 is 27.4 Å². The van der Waals surface area contributed by atoms with Crippen LogP contribution in [0.1, 0.15) is 16.7 Å². The molecule has 130 valence electrons. The van der Waals surface area contributed by atoms with Crippen molar-refractivity contribution in [3.8, 4) is 11.1 Å². The zero-order valence-corrected chi connectivity index (χ0v) is 15.4. The van der Waals surface area contributed by atoms with Gasteiger partial charge in [-0.05, 0) is 42.7 Å². The first kappa shape index (κ1) is 16.7. The maximum absolute atomic E-state index is 13.1. The van der Waals surface area contributed by atoms with E-state index in [2.05, 4.69) is 52.7 Å². The average molecular weight is 363 g/mol. The van der Waals surface area contributed by atoms with Crippen LogP contribution in [0.15, 0.2) is 54.2 Å². The molecule has 0 saturated heterocycles. The van der Waals surface area contributed by atoms with Crippen molar-refractivity contribution in [3.05, 3.63) is 76.7 Å². The molecule has 3 nitrogen and oxygen atoms in total. The zero-order valence-electron chi connectivity index (χ0n) is 14.6. The topological polar surface area (TPSA) is 37.8 Å². The highest BCUT2D eigenvalue weighted by molar-refractivity contribution is 7.17. The van der Waals surface area contributed by atoms with Gasteiger partial charge >= 0.3 is 0 Å². The van der Waals surface area contributed by atoms with Crippen LogP contribution in [-0.4, -0.2) is 9.97 Å². The van der Waals surface area contributed by atoms with Crippen LogP contribution < -0.4 is 5.32 Å². The number of aromatic nitrogens is 2. The van der Waals surface area contributed by atoms with Crippen molar-refractivity contribution in [1.82, 2.24) is 9.97 Å². The van der Waals surface area contributed by atoms with E-state index in [1.807, 2.05) is 0 Å². The number of aryl methyl sites for hydroxylation is 2. The van der Waals surface area contributed by atoms with Gasteiger partial charge in [-0.25, -0.2) is 14.4 Å². The van der Waals surface area contributed by atoms with Gasteiger partial charge in [0.1, 0.15) is 22.8 Å². The predicted molar refractivity (Wildman–Crippen MR) is 106 cm³/mol. The molecular weight excluding hydrogens is 345 g/mol. The van der Waals surface area contributed by atoms with Gasteiger partial charge in [0, 0.05) is 17.5 Å². The van der Waals surface area contributed by atoms with E-state index in [1.165, 1.54) is 28.8 Å². The van der Waals surface area contributed by atoms with Crippen LogP contribution in [0, 0.1) is 19.7 Å². The van der Waals surface area contributed by atoms with Gasteiger partial charge < -0.3 is 5.32 Å². The van der Waals surface area contributed by atoms with Gasteiger partial charge in [-0.1, -0.05) is 35.9 Å². The number of hydrogen-bond acceptors (Lipinski definition) is 4. The average Bonchev–Trinajstić information content (AvgIpc) is 3.06. The highest BCUT2D eigenvalue weighted by Crippen LogP contribution is 2.38. The van der Waals surface area contributed by atoms with Gasteiger partial charge in [-0.3, -0.25) is 0 Å². The molecule has 0 aliphatic carbocycles. The summed E-state index contributed by atoms with van der Waals surface area (Å²) in [6.07, 6.45) is 1.58. The fourth-order valence-corrected chi connectivity index (χ4v) is 4.02. The maximum atomic E-state index is 13.1. The van der Waals surface area contributed by atoms with E-state index in [0.717, 1.165) is 27.2 Å². The number of halogens is 1. The van der Waals surface area contributed by atoms with Gasteiger partial charge in [0.05, 0.1) is 5.39 Å². The number of nitrogens with one attached hydrogen (secondary N) is 1. The Hall–Kier alpha value is -2.79. The van der Waals surface area contributed by atoms with E-state index in [0.29, 0.717) is 6.54 Å². The Morgan fingerprint density at radius 2 is 1.81 bits per heavy atom. The minimum Gasteiger partial charge on any atom is -0.365 e. The van der Waals surface area contributed by atoms with Crippen molar-refractivity contribution in [2.45, 2.75) is 20.4 Å². The van der Waals surface area contributed by atoms with Crippen LogP contribution in [0.25, 0.3) is 21.3 Å².